The van der Waals surface area contributed by atoms with Crippen LogP contribution in [0.3, 0.4) is 0 Å². The second-order valence-corrected chi connectivity index (χ2v) is 5.04. The number of para-hydroxylation sites is 2. The summed E-state index contributed by atoms with van der Waals surface area (Å²) in [7, 11) is 0. The van der Waals surface area contributed by atoms with Gasteiger partial charge in [-0.05, 0) is 32.9 Å². The lowest BCUT2D eigenvalue weighted by atomic mass is 10.2. The zero-order chi connectivity index (χ0) is 15.8. The van der Waals surface area contributed by atoms with E-state index in [1.807, 2.05) is 45.0 Å². The van der Waals surface area contributed by atoms with Crippen molar-refractivity contribution in [2.75, 3.05) is 18.1 Å². The van der Waals surface area contributed by atoms with Gasteiger partial charge in [0.05, 0.1) is 12.3 Å². The van der Waals surface area contributed by atoms with Crippen molar-refractivity contribution in [3.05, 3.63) is 24.3 Å². The van der Waals surface area contributed by atoms with E-state index in [1.54, 1.807) is 4.90 Å². The molecular formula is C16H24N2O3. The molecule has 0 unspecified atom stereocenters. The third kappa shape index (κ3) is 5.45. The molecule has 0 saturated heterocycles. The average Bonchev–Trinajstić information content (AvgIpc) is 2.39. The van der Waals surface area contributed by atoms with E-state index in [1.165, 1.54) is 6.92 Å². The van der Waals surface area contributed by atoms with E-state index in [0.29, 0.717) is 24.6 Å². The fourth-order valence-electron chi connectivity index (χ4n) is 2.01. The fraction of sp³-hybridized carbons (Fsp3) is 0.500. The molecule has 0 saturated carbocycles. The van der Waals surface area contributed by atoms with Crippen LogP contribution in [0.1, 0.15) is 34.1 Å². The molecule has 5 heteroatoms. The molecule has 0 aliphatic carbocycles. The Morgan fingerprint density at radius 1 is 1.29 bits per heavy atom. The van der Waals surface area contributed by atoms with Crippen LogP contribution in [-0.4, -0.2) is 31.0 Å². The van der Waals surface area contributed by atoms with E-state index in [2.05, 4.69) is 5.32 Å². The summed E-state index contributed by atoms with van der Waals surface area (Å²) in [6.45, 7) is 8.05. The molecule has 0 aromatic heterocycles. The maximum Gasteiger partial charge on any atom is 0.223 e. The number of benzene rings is 1. The predicted octanol–water partition coefficient (Wildman–Crippen LogP) is 2.35. The summed E-state index contributed by atoms with van der Waals surface area (Å²) in [5, 5.41) is 2.82. The van der Waals surface area contributed by atoms with Crippen LogP contribution in [0, 0.1) is 0 Å². The first-order chi connectivity index (χ1) is 9.95. The molecule has 0 atom stereocenters. The van der Waals surface area contributed by atoms with Crippen LogP contribution in [-0.2, 0) is 9.59 Å². The molecule has 0 spiro atoms. The van der Waals surface area contributed by atoms with Gasteiger partial charge >= 0.3 is 0 Å². The largest absolute Gasteiger partial charge is 0.492 e. The van der Waals surface area contributed by atoms with Crippen LogP contribution in [0.5, 0.6) is 5.75 Å². The van der Waals surface area contributed by atoms with Crippen molar-refractivity contribution in [2.45, 2.75) is 40.2 Å². The number of anilines is 1. The van der Waals surface area contributed by atoms with Gasteiger partial charge in [0.25, 0.3) is 0 Å². The average molecular weight is 292 g/mol. The molecule has 1 aromatic carbocycles. The van der Waals surface area contributed by atoms with E-state index >= 15 is 0 Å². The van der Waals surface area contributed by atoms with Crippen molar-refractivity contribution in [3.63, 3.8) is 0 Å². The van der Waals surface area contributed by atoms with Crippen LogP contribution in [0.2, 0.25) is 0 Å². The Kier molecular flexibility index (Phi) is 6.72. The van der Waals surface area contributed by atoms with Gasteiger partial charge in [0.1, 0.15) is 5.75 Å². The normalized spacial score (nSPS) is 10.3. The van der Waals surface area contributed by atoms with Gasteiger partial charge in [-0.1, -0.05) is 12.1 Å². The van der Waals surface area contributed by atoms with Gasteiger partial charge in [0.2, 0.25) is 11.8 Å². The van der Waals surface area contributed by atoms with Crippen LogP contribution in [0.25, 0.3) is 0 Å². The molecule has 1 aromatic rings. The SMILES string of the molecule is CCOc1ccccc1N(CCC(=O)NC(C)C)C(C)=O. The van der Waals surface area contributed by atoms with E-state index < -0.39 is 0 Å². The molecule has 0 aliphatic heterocycles. The molecular weight excluding hydrogens is 268 g/mol. The fourth-order valence-corrected chi connectivity index (χ4v) is 2.01. The first-order valence-corrected chi connectivity index (χ1v) is 7.25. The van der Waals surface area contributed by atoms with E-state index in [9.17, 15) is 9.59 Å². The minimum Gasteiger partial charge on any atom is -0.492 e. The molecule has 21 heavy (non-hydrogen) atoms. The lowest BCUT2D eigenvalue weighted by molar-refractivity contribution is -0.121. The molecule has 1 rings (SSSR count). The maximum atomic E-state index is 11.9. The summed E-state index contributed by atoms with van der Waals surface area (Å²) in [5.41, 5.74) is 0.698. The summed E-state index contributed by atoms with van der Waals surface area (Å²) in [4.78, 5) is 25.2. The Balaban J connectivity index is 2.83. The summed E-state index contributed by atoms with van der Waals surface area (Å²) >= 11 is 0. The quantitative estimate of drug-likeness (QED) is 0.839. The van der Waals surface area contributed by atoms with E-state index in [0.717, 1.165) is 0 Å². The summed E-state index contributed by atoms with van der Waals surface area (Å²) < 4.78 is 5.55. The Hall–Kier alpha value is -2.04. The number of nitrogens with one attached hydrogen (secondary N) is 1. The van der Waals surface area contributed by atoms with Gasteiger partial charge in [0, 0.05) is 25.9 Å². The number of carbonyl (C=O) groups is 2. The predicted molar refractivity (Wildman–Crippen MR) is 83.5 cm³/mol. The zero-order valence-electron chi connectivity index (χ0n) is 13.2. The first kappa shape index (κ1) is 17.0. The van der Waals surface area contributed by atoms with Gasteiger partial charge in [0.15, 0.2) is 0 Å². The number of amides is 2. The lowest BCUT2D eigenvalue weighted by Gasteiger charge is -2.23. The third-order valence-electron chi connectivity index (χ3n) is 2.85. The van der Waals surface area contributed by atoms with Gasteiger partial charge in [-0.25, -0.2) is 0 Å². The topological polar surface area (TPSA) is 58.6 Å². The highest BCUT2D eigenvalue weighted by molar-refractivity contribution is 5.93. The number of nitrogens with zero attached hydrogens (tertiary/aromatic N) is 1. The summed E-state index contributed by atoms with van der Waals surface area (Å²) in [6, 6.07) is 7.45. The van der Waals surface area contributed by atoms with Crippen molar-refractivity contribution in [3.8, 4) is 5.75 Å². The number of rotatable bonds is 7. The van der Waals surface area contributed by atoms with Crippen LogP contribution < -0.4 is 15.0 Å². The molecule has 0 aliphatic rings. The Labute approximate surface area is 126 Å². The van der Waals surface area contributed by atoms with E-state index in [4.69, 9.17) is 4.74 Å². The van der Waals surface area contributed by atoms with Crippen LogP contribution in [0.4, 0.5) is 5.69 Å². The third-order valence-corrected chi connectivity index (χ3v) is 2.85. The Morgan fingerprint density at radius 2 is 1.95 bits per heavy atom. The van der Waals surface area contributed by atoms with Gasteiger partial charge in [-0.15, -0.1) is 0 Å². The first-order valence-electron chi connectivity index (χ1n) is 7.25. The molecule has 5 nitrogen and oxygen atoms in total. The maximum absolute atomic E-state index is 11.9. The highest BCUT2D eigenvalue weighted by Gasteiger charge is 2.17. The van der Waals surface area contributed by atoms with Crippen molar-refractivity contribution < 1.29 is 14.3 Å². The summed E-state index contributed by atoms with van der Waals surface area (Å²) in [6.07, 6.45) is 0.262. The second-order valence-electron chi connectivity index (χ2n) is 5.04. The smallest absolute Gasteiger partial charge is 0.223 e. The molecule has 1 N–H and O–H groups in total. The van der Waals surface area contributed by atoms with Gasteiger partial charge in [-0.2, -0.15) is 0 Å². The van der Waals surface area contributed by atoms with Crippen molar-refractivity contribution in [1.82, 2.24) is 5.32 Å². The highest BCUT2D eigenvalue weighted by Crippen LogP contribution is 2.28. The number of hydrogen-bond donors (Lipinski definition) is 1. The lowest BCUT2D eigenvalue weighted by Crippen LogP contribution is -2.36. The van der Waals surface area contributed by atoms with Crippen molar-refractivity contribution in [1.29, 1.82) is 0 Å². The van der Waals surface area contributed by atoms with Crippen LogP contribution >= 0.6 is 0 Å². The second kappa shape index (κ2) is 8.29. The molecule has 116 valence electrons. The molecule has 0 radical (unpaired) electrons. The highest BCUT2D eigenvalue weighted by atomic mass is 16.5. The minimum atomic E-state index is -0.112. The number of carbonyl (C=O) groups excluding carboxylic acids is 2. The zero-order valence-corrected chi connectivity index (χ0v) is 13.2. The van der Waals surface area contributed by atoms with Gasteiger partial charge in [-0.3, -0.25) is 9.59 Å². The molecule has 0 fully saturated rings. The van der Waals surface area contributed by atoms with Crippen LogP contribution in [0.15, 0.2) is 24.3 Å². The van der Waals surface area contributed by atoms with Gasteiger partial charge < -0.3 is 15.0 Å². The summed E-state index contributed by atoms with van der Waals surface area (Å²) in [5.74, 6) is 0.476. The standard InChI is InChI=1S/C16H24N2O3/c1-5-21-15-9-7-6-8-14(15)18(13(4)19)11-10-16(20)17-12(2)3/h6-9,12H,5,10-11H2,1-4H3,(H,17,20). The monoisotopic (exact) mass is 292 g/mol. The van der Waals surface area contributed by atoms with Crippen molar-refractivity contribution >= 4 is 17.5 Å². The Morgan fingerprint density at radius 3 is 2.52 bits per heavy atom. The molecule has 0 heterocycles. The minimum absolute atomic E-state index is 0.0647. The molecule has 2 amide bonds. The Bertz CT molecular complexity index is 486. The number of ether oxygens (including phenoxy) is 1. The molecule has 0 bridgehead atoms. The van der Waals surface area contributed by atoms with E-state index in [-0.39, 0.29) is 24.3 Å². The van der Waals surface area contributed by atoms with Crippen molar-refractivity contribution in [2.24, 2.45) is 0 Å². The number of hydrogen-bond acceptors (Lipinski definition) is 3.